The van der Waals surface area contributed by atoms with Gasteiger partial charge in [-0.05, 0) is 72.1 Å². The van der Waals surface area contributed by atoms with Gasteiger partial charge in [0.05, 0.1) is 16.3 Å². The van der Waals surface area contributed by atoms with E-state index in [1.807, 2.05) is 0 Å². The number of tetrazole rings is 1. The zero-order chi connectivity index (χ0) is 29.1. The zero-order valence-electron chi connectivity index (χ0n) is 22.3. The van der Waals surface area contributed by atoms with Crippen molar-refractivity contribution in [2.24, 2.45) is 11.3 Å². The Morgan fingerprint density at radius 3 is 2.24 bits per heavy atom. The molecule has 2 aromatic carbocycles. The number of alkyl halides is 3. The topological polar surface area (TPSA) is 116 Å². The number of hydrogen-bond acceptors (Lipinski definition) is 5. The molecule has 41 heavy (non-hydrogen) atoms. The minimum absolute atomic E-state index is 0. The lowest BCUT2D eigenvalue weighted by molar-refractivity contribution is -0.137. The van der Waals surface area contributed by atoms with Crippen LogP contribution in [0.1, 0.15) is 75.4 Å². The maximum atomic E-state index is 13.5. The first-order valence-corrected chi connectivity index (χ1v) is 13.3. The van der Waals surface area contributed by atoms with Crippen molar-refractivity contribution in [3.05, 3.63) is 64.2 Å². The van der Waals surface area contributed by atoms with Gasteiger partial charge in [0, 0.05) is 18.2 Å². The molecular weight excluding hydrogens is 559 g/mol. The van der Waals surface area contributed by atoms with Crippen molar-refractivity contribution in [1.82, 2.24) is 25.5 Å². The third-order valence-corrected chi connectivity index (χ3v) is 7.72. The van der Waals surface area contributed by atoms with Gasteiger partial charge < -0.3 is 10.2 Å². The van der Waals surface area contributed by atoms with E-state index in [4.69, 9.17) is 11.6 Å². The summed E-state index contributed by atoms with van der Waals surface area (Å²) in [5.74, 6) is 0.113. The molecule has 0 bridgehead atoms. The average molecular weight is 594 g/mol. The fraction of sp³-hybridized carbons (Fsp3) is 0.464. The number of urea groups is 1. The van der Waals surface area contributed by atoms with Crippen LogP contribution in [0, 0.1) is 11.3 Å². The summed E-state index contributed by atoms with van der Waals surface area (Å²) in [5, 5.41) is 17.6. The molecule has 222 valence electrons. The van der Waals surface area contributed by atoms with Crippen molar-refractivity contribution >= 4 is 35.2 Å². The van der Waals surface area contributed by atoms with E-state index in [1.54, 1.807) is 29.2 Å². The van der Waals surface area contributed by atoms with E-state index < -0.39 is 28.7 Å². The van der Waals surface area contributed by atoms with Crippen molar-refractivity contribution in [3.8, 4) is 0 Å². The highest BCUT2D eigenvalue weighted by Crippen LogP contribution is 2.40. The third kappa shape index (κ3) is 7.96. The number of aromatic nitrogens is 4. The zero-order valence-corrected chi connectivity index (χ0v) is 23.1. The number of rotatable bonds is 6. The average Bonchev–Trinajstić information content (AvgIpc) is 3.40. The van der Waals surface area contributed by atoms with E-state index in [0.717, 1.165) is 37.3 Å². The summed E-state index contributed by atoms with van der Waals surface area (Å²) < 4.78 is 40.1. The summed E-state index contributed by atoms with van der Waals surface area (Å²) in [6.45, 7) is 6.80. The molecular formula is C28H35ClF3N7O2. The summed E-state index contributed by atoms with van der Waals surface area (Å²) in [7, 11) is 0. The Morgan fingerprint density at radius 2 is 1.68 bits per heavy atom. The second kappa shape index (κ2) is 12.9. The Bertz CT molecular complexity index is 1320. The molecule has 0 atom stereocenters. The molecule has 1 fully saturated rings. The number of benzene rings is 2. The van der Waals surface area contributed by atoms with Gasteiger partial charge >= 0.3 is 12.2 Å². The van der Waals surface area contributed by atoms with Crippen LogP contribution in [0.2, 0.25) is 5.02 Å². The first kappa shape index (κ1) is 31.9. The third-order valence-electron chi connectivity index (χ3n) is 7.31. The SMILES string of the molecule is C.CC(C)(C)C1CCC(N(Cc2ccc(C(=O)Nc3nn[nH]n3)cc2)C(=O)Nc2cccc(C(F)(F)F)c2Cl)CC1. The summed E-state index contributed by atoms with van der Waals surface area (Å²) in [4.78, 5) is 27.6. The molecule has 1 aliphatic carbocycles. The molecule has 0 radical (unpaired) electrons. The summed E-state index contributed by atoms with van der Waals surface area (Å²) >= 11 is 6.05. The first-order chi connectivity index (χ1) is 18.8. The molecule has 1 saturated carbocycles. The number of aromatic amines is 1. The minimum atomic E-state index is -4.65. The largest absolute Gasteiger partial charge is 0.417 e. The van der Waals surface area contributed by atoms with Crippen molar-refractivity contribution in [3.63, 3.8) is 0 Å². The predicted molar refractivity (Wildman–Crippen MR) is 152 cm³/mol. The second-order valence-electron chi connectivity index (χ2n) is 11.0. The minimum Gasteiger partial charge on any atom is -0.317 e. The number of carbonyl (C=O) groups excluding carboxylic acids is 2. The van der Waals surface area contributed by atoms with Crippen molar-refractivity contribution in [2.75, 3.05) is 10.6 Å². The van der Waals surface area contributed by atoms with Crippen LogP contribution in [-0.4, -0.2) is 43.5 Å². The maximum Gasteiger partial charge on any atom is 0.417 e. The molecule has 3 N–H and O–H groups in total. The predicted octanol–water partition coefficient (Wildman–Crippen LogP) is 7.40. The van der Waals surface area contributed by atoms with Gasteiger partial charge in [-0.25, -0.2) is 4.79 Å². The fourth-order valence-corrected chi connectivity index (χ4v) is 5.28. The first-order valence-electron chi connectivity index (χ1n) is 12.9. The molecule has 1 heterocycles. The fourth-order valence-electron chi connectivity index (χ4n) is 5.00. The van der Waals surface area contributed by atoms with Crippen LogP contribution in [0.25, 0.3) is 0 Å². The van der Waals surface area contributed by atoms with E-state index in [0.29, 0.717) is 11.5 Å². The smallest absolute Gasteiger partial charge is 0.317 e. The summed E-state index contributed by atoms with van der Waals surface area (Å²) in [6.07, 6.45) is -1.27. The number of halogens is 4. The Kier molecular flexibility index (Phi) is 10.0. The molecule has 1 aliphatic rings. The standard InChI is InChI=1S/C27H31ClF3N7O2.CH4/c1-26(2,3)18-11-13-19(14-12-18)38(25(40)32-21-6-4-5-20(22(21)28)27(29,30)31)15-16-7-9-17(10-8-16)23(39)33-24-34-36-37-35-24;/h4-10,18-19H,11-15H2,1-3H3,(H,32,40)(H2,33,34,35,36,37,39);1H4. The summed E-state index contributed by atoms with van der Waals surface area (Å²) in [6, 6.07) is 9.45. The molecule has 3 aromatic rings. The summed E-state index contributed by atoms with van der Waals surface area (Å²) in [5.41, 5.74) is 0.120. The normalized spacial score (nSPS) is 17.3. The van der Waals surface area contributed by atoms with Gasteiger partial charge in [-0.15, -0.1) is 5.10 Å². The Labute approximate surface area is 242 Å². The van der Waals surface area contributed by atoms with Gasteiger partial charge in [-0.3, -0.25) is 10.1 Å². The Morgan fingerprint density at radius 1 is 1.02 bits per heavy atom. The molecule has 0 spiro atoms. The van der Waals surface area contributed by atoms with Crippen LogP contribution in [0.4, 0.5) is 29.6 Å². The highest BCUT2D eigenvalue weighted by atomic mass is 35.5. The maximum absolute atomic E-state index is 13.5. The quantitative estimate of drug-likeness (QED) is 0.275. The van der Waals surface area contributed by atoms with Gasteiger partial charge in [-0.1, -0.05) is 63.1 Å². The molecule has 0 aliphatic heterocycles. The van der Waals surface area contributed by atoms with Gasteiger partial charge in [0.1, 0.15) is 0 Å². The Hall–Kier alpha value is -3.67. The monoisotopic (exact) mass is 593 g/mol. The number of hydrogen-bond donors (Lipinski definition) is 3. The molecule has 0 unspecified atom stereocenters. The van der Waals surface area contributed by atoms with Crippen LogP contribution in [0.15, 0.2) is 42.5 Å². The lowest BCUT2D eigenvalue weighted by Gasteiger charge is -2.41. The van der Waals surface area contributed by atoms with Crippen LogP contribution >= 0.6 is 11.6 Å². The highest BCUT2D eigenvalue weighted by Gasteiger charge is 2.36. The van der Waals surface area contributed by atoms with E-state index in [9.17, 15) is 22.8 Å². The van der Waals surface area contributed by atoms with Crippen LogP contribution in [0.5, 0.6) is 0 Å². The van der Waals surface area contributed by atoms with Gasteiger partial charge in [-0.2, -0.15) is 18.4 Å². The van der Waals surface area contributed by atoms with E-state index >= 15 is 0 Å². The number of anilines is 2. The Balaban J connectivity index is 0.00000462. The van der Waals surface area contributed by atoms with E-state index in [2.05, 4.69) is 52.0 Å². The van der Waals surface area contributed by atoms with E-state index in [-0.39, 0.29) is 37.1 Å². The number of amides is 3. The van der Waals surface area contributed by atoms with Gasteiger partial charge in [0.2, 0.25) is 0 Å². The number of nitrogens with zero attached hydrogens (tertiary/aromatic N) is 4. The van der Waals surface area contributed by atoms with Crippen LogP contribution in [0.3, 0.4) is 0 Å². The highest BCUT2D eigenvalue weighted by molar-refractivity contribution is 6.34. The van der Waals surface area contributed by atoms with Gasteiger partial charge in [0.15, 0.2) is 0 Å². The molecule has 0 saturated heterocycles. The molecule has 13 heteroatoms. The number of H-pyrrole nitrogens is 1. The number of nitrogens with one attached hydrogen (secondary N) is 3. The lowest BCUT2D eigenvalue weighted by Crippen LogP contribution is -2.45. The number of carbonyl (C=O) groups is 2. The molecule has 1 aromatic heterocycles. The van der Waals surface area contributed by atoms with Crippen LogP contribution < -0.4 is 10.6 Å². The van der Waals surface area contributed by atoms with Crippen molar-refractivity contribution in [2.45, 2.75) is 72.6 Å². The van der Waals surface area contributed by atoms with Gasteiger partial charge in [0.25, 0.3) is 11.9 Å². The van der Waals surface area contributed by atoms with Crippen molar-refractivity contribution < 1.29 is 22.8 Å². The molecule has 9 nitrogen and oxygen atoms in total. The molecule has 4 rings (SSSR count). The van der Waals surface area contributed by atoms with Crippen LogP contribution in [-0.2, 0) is 12.7 Å². The van der Waals surface area contributed by atoms with Crippen molar-refractivity contribution in [1.29, 1.82) is 0 Å². The second-order valence-corrected chi connectivity index (χ2v) is 11.4. The van der Waals surface area contributed by atoms with E-state index in [1.165, 1.54) is 12.1 Å². The molecule has 3 amide bonds. The lowest BCUT2D eigenvalue weighted by atomic mass is 9.71.